The van der Waals surface area contributed by atoms with E-state index in [9.17, 15) is 14.9 Å². The lowest BCUT2D eigenvalue weighted by atomic mass is 10.0. The van der Waals surface area contributed by atoms with Crippen molar-refractivity contribution < 1.29 is 14.5 Å². The Balaban J connectivity index is 3.01. The lowest BCUT2D eigenvalue weighted by Crippen LogP contribution is -2.06. The van der Waals surface area contributed by atoms with Crippen molar-refractivity contribution in [1.29, 1.82) is 0 Å². The van der Waals surface area contributed by atoms with E-state index in [-0.39, 0.29) is 11.4 Å². The summed E-state index contributed by atoms with van der Waals surface area (Å²) in [4.78, 5) is 21.5. The first kappa shape index (κ1) is 14.2. The molecule has 0 aliphatic heterocycles. The molecule has 5 nitrogen and oxygen atoms in total. The second-order valence-corrected chi connectivity index (χ2v) is 4.07. The number of rotatable bonds is 6. The molecule has 5 heteroatoms. The van der Waals surface area contributed by atoms with Crippen molar-refractivity contribution in [3.8, 4) is 5.75 Å². The van der Waals surface area contributed by atoms with Gasteiger partial charge in [-0.15, -0.1) is 0 Å². The number of para-hydroxylation sites is 1. The highest BCUT2D eigenvalue weighted by Gasteiger charge is 2.21. The number of esters is 1. The van der Waals surface area contributed by atoms with Crippen LogP contribution in [0.1, 0.15) is 38.7 Å². The van der Waals surface area contributed by atoms with Crippen molar-refractivity contribution >= 4 is 11.7 Å². The van der Waals surface area contributed by atoms with E-state index in [0.29, 0.717) is 12.0 Å². The number of benzene rings is 1. The summed E-state index contributed by atoms with van der Waals surface area (Å²) < 4.78 is 4.87. The fraction of sp³-hybridized carbons (Fsp3) is 0.462. The van der Waals surface area contributed by atoms with Crippen LogP contribution in [0.5, 0.6) is 5.75 Å². The Kier molecular flexibility index (Phi) is 5.30. The molecule has 0 bridgehead atoms. The normalized spacial score (nSPS) is 10.1. The predicted molar refractivity (Wildman–Crippen MR) is 67.6 cm³/mol. The van der Waals surface area contributed by atoms with Gasteiger partial charge in [-0.25, -0.2) is 0 Å². The second-order valence-electron chi connectivity index (χ2n) is 4.07. The van der Waals surface area contributed by atoms with Crippen LogP contribution in [0.15, 0.2) is 18.2 Å². The molecule has 1 aromatic carbocycles. The smallest absolute Gasteiger partial charge is 0.314 e. The summed E-state index contributed by atoms with van der Waals surface area (Å²) in [5, 5.41) is 11.1. The highest BCUT2D eigenvalue weighted by atomic mass is 16.6. The Bertz CT molecular complexity index is 443. The Hall–Kier alpha value is -1.91. The minimum Gasteiger partial charge on any atom is -0.419 e. The number of nitrogens with zero attached hydrogens (tertiary/aromatic N) is 1. The van der Waals surface area contributed by atoms with Crippen LogP contribution in [0.3, 0.4) is 0 Å². The first-order valence-electron chi connectivity index (χ1n) is 6.01. The van der Waals surface area contributed by atoms with E-state index in [1.165, 1.54) is 13.0 Å². The molecule has 0 atom stereocenters. The van der Waals surface area contributed by atoms with Gasteiger partial charge in [0.05, 0.1) is 4.92 Å². The molecule has 0 heterocycles. The molecule has 18 heavy (non-hydrogen) atoms. The van der Waals surface area contributed by atoms with Crippen LogP contribution in [-0.4, -0.2) is 10.9 Å². The summed E-state index contributed by atoms with van der Waals surface area (Å²) in [6.07, 6.45) is 3.59. The van der Waals surface area contributed by atoms with Gasteiger partial charge in [-0.3, -0.25) is 14.9 Å². The van der Waals surface area contributed by atoms with Crippen LogP contribution in [-0.2, 0) is 11.2 Å². The Morgan fingerprint density at radius 2 is 2.11 bits per heavy atom. The van der Waals surface area contributed by atoms with Crippen molar-refractivity contribution in [3.63, 3.8) is 0 Å². The van der Waals surface area contributed by atoms with E-state index in [1.54, 1.807) is 12.1 Å². The number of nitro groups is 1. The van der Waals surface area contributed by atoms with Gasteiger partial charge in [0, 0.05) is 12.5 Å². The fourth-order valence-corrected chi connectivity index (χ4v) is 1.78. The van der Waals surface area contributed by atoms with Gasteiger partial charge in [0.15, 0.2) is 0 Å². The maximum absolute atomic E-state index is 11.1. The van der Waals surface area contributed by atoms with Crippen LogP contribution in [0.4, 0.5) is 5.69 Å². The van der Waals surface area contributed by atoms with Gasteiger partial charge in [0.2, 0.25) is 5.75 Å². The largest absolute Gasteiger partial charge is 0.419 e. The van der Waals surface area contributed by atoms with Gasteiger partial charge in [0.1, 0.15) is 0 Å². The van der Waals surface area contributed by atoms with Crippen molar-refractivity contribution in [3.05, 3.63) is 33.9 Å². The van der Waals surface area contributed by atoms with E-state index in [0.717, 1.165) is 19.3 Å². The van der Waals surface area contributed by atoms with Crippen LogP contribution < -0.4 is 4.74 Å². The number of aryl methyl sites for hydroxylation is 1. The summed E-state index contributed by atoms with van der Waals surface area (Å²) >= 11 is 0. The lowest BCUT2D eigenvalue weighted by molar-refractivity contribution is -0.386. The number of nitro benzene ring substituents is 1. The van der Waals surface area contributed by atoms with Crippen molar-refractivity contribution in [2.45, 2.75) is 39.5 Å². The molecule has 0 aliphatic rings. The Labute approximate surface area is 106 Å². The zero-order valence-corrected chi connectivity index (χ0v) is 10.6. The van der Waals surface area contributed by atoms with E-state index in [4.69, 9.17) is 4.74 Å². The van der Waals surface area contributed by atoms with Crippen molar-refractivity contribution in [1.82, 2.24) is 0 Å². The Morgan fingerprint density at radius 1 is 1.39 bits per heavy atom. The minimum absolute atomic E-state index is 0.0292. The van der Waals surface area contributed by atoms with Gasteiger partial charge in [-0.1, -0.05) is 31.9 Å². The molecule has 1 aromatic rings. The van der Waals surface area contributed by atoms with Crippen LogP contribution >= 0.6 is 0 Å². The summed E-state index contributed by atoms with van der Waals surface area (Å²) in [5.41, 5.74) is 0.524. The SMILES string of the molecule is CCCCCc1cccc(OC(C)=O)c1[N+](=O)[O-]. The van der Waals surface area contributed by atoms with E-state index < -0.39 is 10.9 Å². The number of carbonyl (C=O) groups is 1. The van der Waals surface area contributed by atoms with Gasteiger partial charge in [0.25, 0.3) is 0 Å². The molecule has 98 valence electrons. The number of ether oxygens (including phenoxy) is 1. The van der Waals surface area contributed by atoms with Crippen molar-refractivity contribution in [2.75, 3.05) is 0 Å². The zero-order chi connectivity index (χ0) is 13.5. The van der Waals surface area contributed by atoms with E-state index >= 15 is 0 Å². The Morgan fingerprint density at radius 3 is 2.67 bits per heavy atom. The monoisotopic (exact) mass is 251 g/mol. The van der Waals surface area contributed by atoms with Crippen molar-refractivity contribution in [2.24, 2.45) is 0 Å². The van der Waals surface area contributed by atoms with Gasteiger partial charge < -0.3 is 4.74 Å². The number of hydrogen-bond donors (Lipinski definition) is 0. The maximum Gasteiger partial charge on any atom is 0.314 e. The quantitative estimate of drug-likeness (QED) is 0.256. The first-order chi connectivity index (χ1) is 8.56. The third kappa shape index (κ3) is 3.84. The number of hydrogen-bond acceptors (Lipinski definition) is 4. The molecule has 1 rings (SSSR count). The van der Waals surface area contributed by atoms with Gasteiger partial charge in [-0.2, -0.15) is 0 Å². The molecular weight excluding hydrogens is 234 g/mol. The topological polar surface area (TPSA) is 69.4 Å². The molecular formula is C13H17NO4. The van der Waals surface area contributed by atoms with Crippen LogP contribution in [0.2, 0.25) is 0 Å². The third-order valence-electron chi connectivity index (χ3n) is 2.57. The molecule has 0 aliphatic carbocycles. The third-order valence-corrected chi connectivity index (χ3v) is 2.57. The molecule has 0 amide bonds. The average Bonchev–Trinajstić information content (AvgIpc) is 2.28. The highest BCUT2D eigenvalue weighted by Crippen LogP contribution is 2.32. The molecule has 0 unspecified atom stereocenters. The minimum atomic E-state index is -0.552. The summed E-state index contributed by atoms with van der Waals surface area (Å²) in [6, 6.07) is 4.83. The molecule has 0 N–H and O–H groups in total. The highest BCUT2D eigenvalue weighted by molar-refractivity contribution is 5.71. The summed E-state index contributed by atoms with van der Waals surface area (Å²) in [7, 11) is 0. The number of carbonyl (C=O) groups excluding carboxylic acids is 1. The fourth-order valence-electron chi connectivity index (χ4n) is 1.78. The summed E-state index contributed by atoms with van der Waals surface area (Å²) in [6.45, 7) is 3.30. The predicted octanol–water partition coefficient (Wildman–Crippen LogP) is 3.25. The van der Waals surface area contributed by atoms with Crippen LogP contribution in [0.25, 0.3) is 0 Å². The second kappa shape index (κ2) is 6.74. The summed E-state index contributed by atoms with van der Waals surface area (Å²) in [5.74, 6) is -0.523. The molecule has 0 fully saturated rings. The molecule has 0 saturated heterocycles. The van der Waals surface area contributed by atoms with Crippen LogP contribution in [0, 0.1) is 10.1 Å². The molecule has 0 radical (unpaired) electrons. The molecule has 0 saturated carbocycles. The zero-order valence-electron chi connectivity index (χ0n) is 10.6. The van der Waals surface area contributed by atoms with E-state index in [1.807, 2.05) is 0 Å². The molecule has 0 aromatic heterocycles. The average molecular weight is 251 g/mol. The first-order valence-corrected chi connectivity index (χ1v) is 6.01. The molecule has 0 spiro atoms. The van der Waals surface area contributed by atoms with Gasteiger partial charge in [-0.05, 0) is 18.9 Å². The lowest BCUT2D eigenvalue weighted by Gasteiger charge is -2.07. The number of unbranched alkanes of at least 4 members (excludes halogenated alkanes) is 2. The standard InChI is InChI=1S/C13H17NO4/c1-3-4-5-7-11-8-6-9-12(18-10(2)15)13(11)14(16)17/h6,8-9H,3-5,7H2,1-2H3. The van der Waals surface area contributed by atoms with Gasteiger partial charge >= 0.3 is 11.7 Å². The van der Waals surface area contributed by atoms with E-state index in [2.05, 4.69) is 6.92 Å². The maximum atomic E-state index is 11.1.